The number of rotatable bonds is 17. The molecular weight excluding hydrogens is 272 g/mol. The fourth-order valence-electron chi connectivity index (χ4n) is 2.71. The summed E-state index contributed by atoms with van der Waals surface area (Å²) < 4.78 is 5.52. The molecule has 0 heterocycles. The third kappa shape index (κ3) is 16.0. The highest BCUT2D eigenvalue weighted by molar-refractivity contribution is 4.81. The van der Waals surface area contributed by atoms with Gasteiger partial charge in [0, 0.05) is 0 Å². The van der Waals surface area contributed by atoms with Gasteiger partial charge >= 0.3 is 0 Å². The molecule has 0 saturated heterocycles. The van der Waals surface area contributed by atoms with Crippen molar-refractivity contribution in [2.75, 3.05) is 13.2 Å². The van der Waals surface area contributed by atoms with Gasteiger partial charge in [0.2, 0.25) is 0 Å². The van der Waals surface area contributed by atoms with Crippen molar-refractivity contribution in [3.63, 3.8) is 0 Å². The molecule has 1 unspecified atom stereocenters. The summed E-state index contributed by atoms with van der Waals surface area (Å²) >= 11 is 0. The molecule has 0 fully saturated rings. The van der Waals surface area contributed by atoms with Crippen molar-refractivity contribution >= 4 is 0 Å². The van der Waals surface area contributed by atoms with Crippen LogP contribution in [-0.2, 0) is 9.84 Å². The Bertz CT molecular complexity index is 226. The van der Waals surface area contributed by atoms with Crippen LogP contribution >= 0.6 is 0 Å². The van der Waals surface area contributed by atoms with E-state index < -0.39 is 0 Å². The molecule has 0 aromatic heterocycles. The summed E-state index contributed by atoms with van der Waals surface area (Å²) in [6.45, 7) is 4.67. The van der Waals surface area contributed by atoms with Gasteiger partial charge in [-0.15, -0.1) is 0 Å². The lowest BCUT2D eigenvalue weighted by atomic mass is 10.1. The minimum atomic E-state index is -0.111. The summed E-state index contributed by atoms with van der Waals surface area (Å²) in [5, 5.41) is 10.4. The Kier molecular flexibility index (Phi) is 18.4. The standard InChI is InChI=1S/C20H39O2/c1-3-5-6-7-8-9-10-11-12-13-14-15-16-17-20(4-2)22-19-18-21/h11-12,20H,3-10,13-19H2,1-2H3/b12-11-. The molecule has 0 aliphatic heterocycles. The van der Waals surface area contributed by atoms with Crippen LogP contribution in [0.4, 0.5) is 0 Å². The molecule has 22 heavy (non-hydrogen) atoms. The predicted molar refractivity (Wildman–Crippen MR) is 95.8 cm³/mol. The lowest BCUT2D eigenvalue weighted by molar-refractivity contribution is 0.00561. The van der Waals surface area contributed by atoms with E-state index in [-0.39, 0.29) is 6.61 Å². The average molecular weight is 312 g/mol. The first-order valence-corrected chi connectivity index (χ1v) is 9.69. The van der Waals surface area contributed by atoms with Crippen LogP contribution in [0, 0.1) is 0 Å². The maximum absolute atomic E-state index is 10.4. The van der Waals surface area contributed by atoms with Crippen LogP contribution in [0.3, 0.4) is 0 Å². The maximum Gasteiger partial charge on any atom is 0.106 e. The first-order valence-electron chi connectivity index (χ1n) is 9.69. The van der Waals surface area contributed by atoms with Gasteiger partial charge in [-0.2, -0.15) is 0 Å². The largest absolute Gasteiger partial charge is 0.376 e. The fraction of sp³-hybridized carbons (Fsp3) is 0.900. The van der Waals surface area contributed by atoms with Crippen molar-refractivity contribution in [3.8, 4) is 0 Å². The highest BCUT2D eigenvalue weighted by atomic mass is 16.5. The zero-order valence-electron chi connectivity index (χ0n) is 15.2. The second-order valence-corrected chi connectivity index (χ2v) is 6.27. The molecule has 0 bridgehead atoms. The summed E-state index contributed by atoms with van der Waals surface area (Å²) in [7, 11) is 0. The van der Waals surface area contributed by atoms with Crippen molar-refractivity contribution in [1.82, 2.24) is 0 Å². The average Bonchev–Trinajstić information content (AvgIpc) is 2.54. The summed E-state index contributed by atoms with van der Waals surface area (Å²) in [6, 6.07) is 0. The minimum Gasteiger partial charge on any atom is -0.376 e. The monoisotopic (exact) mass is 311 g/mol. The second-order valence-electron chi connectivity index (χ2n) is 6.27. The molecule has 2 heteroatoms. The molecule has 0 rings (SSSR count). The molecule has 0 spiro atoms. The molecule has 0 amide bonds. The first-order chi connectivity index (χ1) is 10.8. The van der Waals surface area contributed by atoms with E-state index in [0.717, 1.165) is 12.8 Å². The Morgan fingerprint density at radius 3 is 2.00 bits per heavy atom. The molecule has 0 N–H and O–H groups in total. The molecule has 0 aliphatic carbocycles. The lowest BCUT2D eigenvalue weighted by Gasteiger charge is -2.14. The van der Waals surface area contributed by atoms with E-state index in [0.29, 0.717) is 12.7 Å². The van der Waals surface area contributed by atoms with E-state index in [2.05, 4.69) is 26.0 Å². The van der Waals surface area contributed by atoms with E-state index in [9.17, 15) is 5.11 Å². The number of unbranched alkanes of at least 4 members (excludes halogenated alkanes) is 9. The molecule has 2 nitrogen and oxygen atoms in total. The number of hydrogen-bond donors (Lipinski definition) is 0. The van der Waals surface area contributed by atoms with E-state index in [1.807, 2.05) is 0 Å². The molecule has 0 aliphatic rings. The first kappa shape index (κ1) is 21.7. The van der Waals surface area contributed by atoms with Crippen LogP contribution in [0.25, 0.3) is 0 Å². The third-order valence-electron chi connectivity index (χ3n) is 4.18. The normalized spacial score (nSPS) is 13.0. The Balaban J connectivity index is 3.25. The summed E-state index contributed by atoms with van der Waals surface area (Å²) in [5.74, 6) is 0. The Morgan fingerprint density at radius 1 is 0.818 bits per heavy atom. The van der Waals surface area contributed by atoms with Crippen LogP contribution in [0.1, 0.15) is 97.3 Å². The highest BCUT2D eigenvalue weighted by Crippen LogP contribution is 2.12. The van der Waals surface area contributed by atoms with Crippen molar-refractivity contribution in [3.05, 3.63) is 12.2 Å². The zero-order chi connectivity index (χ0) is 16.3. The van der Waals surface area contributed by atoms with Crippen molar-refractivity contribution in [2.45, 2.75) is 103 Å². The zero-order valence-corrected chi connectivity index (χ0v) is 15.2. The Morgan fingerprint density at radius 2 is 1.41 bits per heavy atom. The van der Waals surface area contributed by atoms with Crippen molar-refractivity contribution < 1.29 is 9.84 Å². The van der Waals surface area contributed by atoms with Crippen LogP contribution in [-0.4, -0.2) is 19.3 Å². The summed E-state index contributed by atoms with van der Waals surface area (Å²) in [5.41, 5.74) is 0. The molecule has 0 aromatic carbocycles. The molecule has 1 atom stereocenters. The highest BCUT2D eigenvalue weighted by Gasteiger charge is 2.05. The summed E-state index contributed by atoms with van der Waals surface area (Å²) in [4.78, 5) is 0. The smallest absolute Gasteiger partial charge is 0.106 e. The van der Waals surface area contributed by atoms with Gasteiger partial charge in [0.15, 0.2) is 0 Å². The Labute approximate surface area is 139 Å². The van der Waals surface area contributed by atoms with Crippen LogP contribution < -0.4 is 0 Å². The molecular formula is C20H39O2. The van der Waals surface area contributed by atoms with E-state index in [4.69, 9.17) is 4.74 Å². The predicted octanol–water partition coefficient (Wildman–Crippen LogP) is 6.47. The number of ether oxygens (including phenoxy) is 1. The van der Waals surface area contributed by atoms with Crippen LogP contribution in [0.5, 0.6) is 0 Å². The van der Waals surface area contributed by atoms with Gasteiger partial charge in [-0.05, 0) is 38.5 Å². The van der Waals surface area contributed by atoms with Gasteiger partial charge in [-0.1, -0.05) is 70.9 Å². The minimum absolute atomic E-state index is 0.111. The van der Waals surface area contributed by atoms with Gasteiger partial charge in [-0.3, -0.25) is 0 Å². The van der Waals surface area contributed by atoms with Crippen molar-refractivity contribution in [1.29, 1.82) is 0 Å². The second kappa shape index (κ2) is 18.7. The van der Waals surface area contributed by atoms with E-state index in [1.54, 1.807) is 0 Å². The third-order valence-corrected chi connectivity index (χ3v) is 4.18. The SMILES string of the molecule is CCCCCCCC/C=C\CCCCCC(CC)OCC[O]. The molecule has 131 valence electrons. The van der Waals surface area contributed by atoms with Gasteiger partial charge in [0.05, 0.1) is 12.7 Å². The summed E-state index contributed by atoms with van der Waals surface area (Å²) in [6.07, 6.45) is 21.7. The Hall–Kier alpha value is -0.340. The van der Waals surface area contributed by atoms with Gasteiger partial charge < -0.3 is 4.74 Å². The number of hydrogen-bond acceptors (Lipinski definition) is 1. The van der Waals surface area contributed by atoms with Gasteiger partial charge in [0.1, 0.15) is 6.61 Å². The molecule has 0 saturated carbocycles. The van der Waals surface area contributed by atoms with Crippen molar-refractivity contribution in [2.24, 2.45) is 0 Å². The fourth-order valence-corrected chi connectivity index (χ4v) is 2.71. The van der Waals surface area contributed by atoms with Crippen LogP contribution in [0.2, 0.25) is 0 Å². The van der Waals surface area contributed by atoms with Crippen LogP contribution in [0.15, 0.2) is 12.2 Å². The quantitative estimate of drug-likeness (QED) is 0.223. The topological polar surface area (TPSA) is 29.1 Å². The van der Waals surface area contributed by atoms with Gasteiger partial charge in [0.25, 0.3) is 0 Å². The van der Waals surface area contributed by atoms with E-state index >= 15 is 0 Å². The maximum atomic E-state index is 10.4. The van der Waals surface area contributed by atoms with Gasteiger partial charge in [-0.25, -0.2) is 5.11 Å². The molecule has 1 radical (unpaired) electrons. The number of allylic oxidation sites excluding steroid dienone is 2. The van der Waals surface area contributed by atoms with E-state index in [1.165, 1.54) is 70.6 Å². The molecule has 0 aromatic rings. The lowest BCUT2D eigenvalue weighted by Crippen LogP contribution is -2.13.